The van der Waals surface area contributed by atoms with Gasteiger partial charge in [-0.2, -0.15) is 4.57 Å². The van der Waals surface area contributed by atoms with Gasteiger partial charge in [0.2, 0.25) is 11.2 Å². The lowest BCUT2D eigenvalue weighted by Gasteiger charge is -2.27. The molecule has 2 heterocycles. The highest BCUT2D eigenvalue weighted by Gasteiger charge is 2.40. The van der Waals surface area contributed by atoms with Gasteiger partial charge in [-0.3, -0.25) is 4.79 Å². The van der Waals surface area contributed by atoms with Crippen LogP contribution in [0.1, 0.15) is 31.0 Å². The average Bonchev–Trinajstić information content (AvgIpc) is 2.88. The van der Waals surface area contributed by atoms with Crippen molar-refractivity contribution in [3.63, 3.8) is 0 Å². The van der Waals surface area contributed by atoms with E-state index in [1.165, 1.54) is 0 Å². The van der Waals surface area contributed by atoms with Crippen LogP contribution in [0, 0.1) is 0 Å². The van der Waals surface area contributed by atoms with Crippen molar-refractivity contribution in [2.75, 3.05) is 0 Å². The minimum Gasteiger partial charge on any atom is -0.508 e. The Hall–Kier alpha value is -1.88. The second-order valence-electron chi connectivity index (χ2n) is 4.89. The minimum atomic E-state index is -0.500. The highest BCUT2D eigenvalue weighted by atomic mass is 32.1. The lowest BCUT2D eigenvalue weighted by Crippen LogP contribution is -2.42. The molecule has 2 unspecified atom stereocenters. The highest BCUT2D eigenvalue weighted by molar-refractivity contribution is 7.07. The molecule has 1 aliphatic heterocycles. The number of Topliss-reactive ketones (excluding diaryl/α,β-unsaturated/α-hetero) is 1. The molecule has 1 aliphatic rings. The van der Waals surface area contributed by atoms with E-state index in [4.69, 9.17) is 4.74 Å². The summed E-state index contributed by atoms with van der Waals surface area (Å²) in [5, 5.41) is 11.6. The second-order valence-corrected chi connectivity index (χ2v) is 5.61. The summed E-state index contributed by atoms with van der Waals surface area (Å²) in [6, 6.07) is 4.95. The van der Waals surface area contributed by atoms with Gasteiger partial charge < -0.3 is 9.84 Å². The number of carbonyl (C=O) groups excluding carboxylic acids is 1. The van der Waals surface area contributed by atoms with Crippen molar-refractivity contribution in [1.29, 1.82) is 0 Å². The fourth-order valence-electron chi connectivity index (χ4n) is 2.60. The normalized spacial score (nSPS) is 21.4. The van der Waals surface area contributed by atoms with Crippen LogP contribution in [0.5, 0.6) is 11.5 Å². The van der Waals surface area contributed by atoms with E-state index in [9.17, 15) is 9.90 Å². The van der Waals surface area contributed by atoms with Crippen LogP contribution >= 0.6 is 11.3 Å². The van der Waals surface area contributed by atoms with Gasteiger partial charge in [0.05, 0.1) is 5.38 Å². The van der Waals surface area contributed by atoms with Crippen LogP contribution in [-0.2, 0) is 11.3 Å². The van der Waals surface area contributed by atoms with Crippen LogP contribution in [0.25, 0.3) is 0 Å². The van der Waals surface area contributed by atoms with Crippen LogP contribution in [-0.4, -0.2) is 17.0 Å². The lowest BCUT2D eigenvalue weighted by atomic mass is 9.86. The van der Waals surface area contributed by atoms with Gasteiger partial charge in [0.15, 0.2) is 11.9 Å². The molecule has 1 N–H and O–H groups in total. The number of ketones is 1. The van der Waals surface area contributed by atoms with Gasteiger partial charge in [-0.25, -0.2) is 0 Å². The van der Waals surface area contributed by atoms with E-state index in [1.54, 1.807) is 36.5 Å². The molecule has 0 bridgehead atoms. The van der Waals surface area contributed by atoms with Crippen LogP contribution in [0.15, 0.2) is 29.1 Å². The van der Waals surface area contributed by atoms with E-state index in [2.05, 4.69) is 11.5 Å². The average molecular weight is 290 g/mol. The number of benzene rings is 1. The minimum absolute atomic E-state index is 0.0591. The molecule has 0 saturated carbocycles. The first kappa shape index (κ1) is 13.1. The Kier molecular flexibility index (Phi) is 3.22. The SMILES string of the molecule is CC[n+]1cscc1C1C(=O)C(C)Oc2cc(O)ccc21. The first-order valence-electron chi connectivity index (χ1n) is 6.60. The second kappa shape index (κ2) is 4.90. The van der Waals surface area contributed by atoms with E-state index in [-0.39, 0.29) is 17.5 Å². The van der Waals surface area contributed by atoms with Gasteiger partial charge in [-0.05, 0) is 19.9 Å². The zero-order valence-electron chi connectivity index (χ0n) is 11.4. The van der Waals surface area contributed by atoms with E-state index >= 15 is 0 Å². The lowest BCUT2D eigenvalue weighted by molar-refractivity contribution is -0.696. The van der Waals surface area contributed by atoms with Crippen LogP contribution in [0.2, 0.25) is 0 Å². The summed E-state index contributed by atoms with van der Waals surface area (Å²) < 4.78 is 7.70. The molecule has 2 aromatic rings. The maximum absolute atomic E-state index is 12.5. The molecular weight excluding hydrogens is 274 g/mol. The summed E-state index contributed by atoms with van der Waals surface area (Å²) in [6.07, 6.45) is -0.500. The molecular formula is C15H16NO3S+. The van der Waals surface area contributed by atoms with Crippen molar-refractivity contribution in [3.8, 4) is 11.5 Å². The largest absolute Gasteiger partial charge is 0.508 e. The summed E-state index contributed by atoms with van der Waals surface area (Å²) >= 11 is 1.59. The Morgan fingerprint density at radius 3 is 3.00 bits per heavy atom. The number of carbonyl (C=O) groups is 1. The Labute approximate surface area is 121 Å². The third-order valence-electron chi connectivity index (χ3n) is 3.64. The number of phenols is 1. The molecule has 3 rings (SSSR count). The standard InChI is InChI=1S/C15H15NO3S/c1-3-16-8-20-7-12(16)14-11-5-4-10(17)6-13(11)19-9(2)15(14)18/h4-9,14H,3H2,1-2H3/p+1. The zero-order valence-corrected chi connectivity index (χ0v) is 12.2. The number of hydrogen-bond donors (Lipinski definition) is 1. The molecule has 1 aromatic carbocycles. The van der Waals surface area contributed by atoms with E-state index in [1.807, 2.05) is 10.9 Å². The van der Waals surface area contributed by atoms with E-state index in [0.717, 1.165) is 17.8 Å². The zero-order chi connectivity index (χ0) is 14.3. The topological polar surface area (TPSA) is 50.4 Å². The molecule has 0 fully saturated rings. The first-order chi connectivity index (χ1) is 9.61. The molecule has 0 aliphatic carbocycles. The van der Waals surface area contributed by atoms with Crippen molar-refractivity contribution >= 4 is 17.1 Å². The number of hydrogen-bond acceptors (Lipinski definition) is 4. The molecule has 0 amide bonds. The predicted octanol–water partition coefficient (Wildman–Crippen LogP) is 2.24. The fraction of sp³-hybridized carbons (Fsp3) is 0.333. The third-order valence-corrected chi connectivity index (χ3v) is 4.40. The monoisotopic (exact) mass is 290 g/mol. The Bertz CT molecular complexity index is 665. The number of aryl methyl sites for hydroxylation is 1. The first-order valence-corrected chi connectivity index (χ1v) is 7.55. The van der Waals surface area contributed by atoms with Gasteiger partial charge in [0, 0.05) is 11.6 Å². The molecule has 0 radical (unpaired) electrons. The number of rotatable bonds is 2. The Balaban J connectivity index is 2.17. The molecule has 5 heteroatoms. The summed E-state index contributed by atoms with van der Waals surface area (Å²) in [6.45, 7) is 4.64. The Morgan fingerprint density at radius 1 is 1.45 bits per heavy atom. The van der Waals surface area contributed by atoms with Crippen molar-refractivity contribution in [2.24, 2.45) is 0 Å². The maximum atomic E-state index is 12.5. The number of nitrogens with zero attached hydrogens (tertiary/aromatic N) is 1. The van der Waals surface area contributed by atoms with Gasteiger partial charge in [-0.1, -0.05) is 17.4 Å². The quantitative estimate of drug-likeness (QED) is 0.863. The third kappa shape index (κ3) is 1.98. The summed E-state index contributed by atoms with van der Waals surface area (Å²) in [5.74, 6) is 0.484. The number of aromatic hydroxyl groups is 1. The Morgan fingerprint density at radius 2 is 2.25 bits per heavy atom. The van der Waals surface area contributed by atoms with E-state index < -0.39 is 6.10 Å². The fourth-order valence-corrected chi connectivity index (χ4v) is 3.49. The number of phenolic OH excluding ortho intramolecular Hbond substituents is 1. The number of fused-ring (bicyclic) bond motifs is 1. The number of aromatic nitrogens is 1. The van der Waals surface area contributed by atoms with Crippen LogP contribution in [0.3, 0.4) is 0 Å². The van der Waals surface area contributed by atoms with Gasteiger partial charge in [-0.15, -0.1) is 0 Å². The molecule has 1 aromatic heterocycles. The molecule has 0 spiro atoms. The van der Waals surface area contributed by atoms with Crippen molar-refractivity contribution in [2.45, 2.75) is 32.4 Å². The summed E-state index contributed by atoms with van der Waals surface area (Å²) in [5.41, 5.74) is 3.83. The smallest absolute Gasteiger partial charge is 0.224 e. The van der Waals surface area contributed by atoms with Crippen LogP contribution in [0.4, 0.5) is 0 Å². The molecule has 20 heavy (non-hydrogen) atoms. The highest BCUT2D eigenvalue weighted by Crippen LogP contribution is 2.39. The van der Waals surface area contributed by atoms with Crippen molar-refractivity contribution < 1.29 is 19.2 Å². The molecule has 2 atom stereocenters. The molecule has 104 valence electrons. The van der Waals surface area contributed by atoms with Crippen molar-refractivity contribution in [1.82, 2.24) is 0 Å². The van der Waals surface area contributed by atoms with Gasteiger partial charge in [0.25, 0.3) is 0 Å². The summed E-state index contributed by atoms with van der Waals surface area (Å²) in [7, 11) is 0. The molecule has 4 nitrogen and oxygen atoms in total. The summed E-state index contributed by atoms with van der Waals surface area (Å²) in [4.78, 5) is 12.5. The van der Waals surface area contributed by atoms with Crippen LogP contribution < -0.4 is 9.30 Å². The molecule has 0 saturated heterocycles. The maximum Gasteiger partial charge on any atom is 0.224 e. The predicted molar refractivity (Wildman–Crippen MR) is 75.2 cm³/mol. The van der Waals surface area contributed by atoms with Gasteiger partial charge in [0.1, 0.15) is 24.0 Å². The number of thiazole rings is 1. The van der Waals surface area contributed by atoms with Crippen molar-refractivity contribution in [3.05, 3.63) is 40.3 Å². The van der Waals surface area contributed by atoms with E-state index in [0.29, 0.717) is 5.75 Å². The van der Waals surface area contributed by atoms with Gasteiger partial charge >= 0.3 is 0 Å². The number of ether oxygens (including phenoxy) is 1.